The van der Waals surface area contributed by atoms with E-state index in [0.29, 0.717) is 28.6 Å². The van der Waals surface area contributed by atoms with Gasteiger partial charge >= 0.3 is 0 Å². The van der Waals surface area contributed by atoms with Crippen LogP contribution in [0.5, 0.6) is 0 Å². The Morgan fingerprint density at radius 2 is 1.57 bits per heavy atom. The van der Waals surface area contributed by atoms with E-state index in [-0.39, 0.29) is 11.3 Å². The van der Waals surface area contributed by atoms with Crippen molar-refractivity contribution in [2.45, 2.75) is 39.0 Å². The maximum absolute atomic E-state index is 12.1. The van der Waals surface area contributed by atoms with E-state index >= 15 is 0 Å². The van der Waals surface area contributed by atoms with Crippen molar-refractivity contribution in [1.82, 2.24) is 0 Å². The van der Waals surface area contributed by atoms with Gasteiger partial charge in [-0.3, -0.25) is 4.79 Å². The lowest BCUT2D eigenvalue weighted by Gasteiger charge is -2.19. The van der Waals surface area contributed by atoms with Gasteiger partial charge in [0, 0.05) is 6.42 Å². The average molecular weight is 350 g/mol. The van der Waals surface area contributed by atoms with E-state index in [0.717, 1.165) is 5.56 Å². The van der Waals surface area contributed by atoms with E-state index in [1.54, 1.807) is 18.2 Å². The van der Waals surface area contributed by atoms with Crippen LogP contribution in [-0.2, 0) is 16.6 Å². The Morgan fingerprint density at radius 3 is 2.09 bits per heavy atom. The number of hydrogen-bond acceptors (Lipinski definition) is 1. The number of rotatable bonds is 4. The molecular weight excluding hydrogens is 329 g/mol. The van der Waals surface area contributed by atoms with Crippen molar-refractivity contribution in [2.75, 3.05) is 5.32 Å². The second-order valence-corrected chi connectivity index (χ2v) is 7.41. The fourth-order valence-corrected chi connectivity index (χ4v) is 2.74. The van der Waals surface area contributed by atoms with Gasteiger partial charge in [-0.2, -0.15) is 0 Å². The third-order valence-corrected chi connectivity index (χ3v) is 4.32. The smallest absolute Gasteiger partial charge is 0.224 e. The summed E-state index contributed by atoms with van der Waals surface area (Å²) < 4.78 is 0. The van der Waals surface area contributed by atoms with Gasteiger partial charge in [0.1, 0.15) is 0 Å². The largest absolute Gasteiger partial charge is 0.324 e. The summed E-state index contributed by atoms with van der Waals surface area (Å²) in [5.74, 6) is -0.0973. The minimum Gasteiger partial charge on any atom is -0.324 e. The quantitative estimate of drug-likeness (QED) is 0.735. The number of benzene rings is 2. The van der Waals surface area contributed by atoms with E-state index in [9.17, 15) is 4.79 Å². The predicted octanol–water partition coefficient (Wildman–Crippen LogP) is 5.86. The van der Waals surface area contributed by atoms with Crippen molar-refractivity contribution < 1.29 is 4.79 Å². The van der Waals surface area contributed by atoms with Gasteiger partial charge in [-0.25, -0.2) is 0 Å². The second-order valence-electron chi connectivity index (χ2n) is 6.59. The minimum absolute atomic E-state index is 0.0973. The number of nitrogens with one attached hydrogen (secondary N) is 1. The van der Waals surface area contributed by atoms with Crippen LogP contribution in [-0.4, -0.2) is 5.91 Å². The Hall–Kier alpha value is -1.51. The molecule has 0 saturated heterocycles. The molecule has 0 unspecified atom stereocenters. The first-order valence-corrected chi connectivity index (χ1v) is 8.36. The molecule has 1 N–H and O–H groups in total. The molecule has 0 aromatic heterocycles. The zero-order valence-electron chi connectivity index (χ0n) is 13.6. The molecule has 0 saturated carbocycles. The summed E-state index contributed by atoms with van der Waals surface area (Å²) in [4.78, 5) is 12.1. The zero-order chi connectivity index (χ0) is 17.0. The second kappa shape index (κ2) is 7.37. The minimum atomic E-state index is -0.0973. The highest BCUT2D eigenvalue weighted by Gasteiger charge is 2.13. The standard InChI is InChI=1S/C19H21Cl2NO/c1-19(2,3)14-10-7-13(8-11-14)9-12-17(23)22-18-15(20)5-4-6-16(18)21/h4-8,10-11H,9,12H2,1-3H3,(H,22,23). The van der Waals surface area contributed by atoms with Gasteiger partial charge in [-0.05, 0) is 35.1 Å². The van der Waals surface area contributed by atoms with Crippen molar-refractivity contribution >= 4 is 34.8 Å². The van der Waals surface area contributed by atoms with Gasteiger partial charge in [-0.15, -0.1) is 0 Å². The molecule has 0 heterocycles. The summed E-state index contributed by atoms with van der Waals surface area (Å²) >= 11 is 12.1. The molecule has 122 valence electrons. The normalized spacial score (nSPS) is 11.3. The van der Waals surface area contributed by atoms with E-state index < -0.39 is 0 Å². The Morgan fingerprint density at radius 1 is 1.00 bits per heavy atom. The maximum atomic E-state index is 12.1. The van der Waals surface area contributed by atoms with Gasteiger partial charge in [0.15, 0.2) is 0 Å². The van der Waals surface area contributed by atoms with Crippen LogP contribution in [0.3, 0.4) is 0 Å². The number of halogens is 2. The molecule has 0 bridgehead atoms. The van der Waals surface area contributed by atoms with Crippen molar-refractivity contribution in [3.05, 3.63) is 63.6 Å². The summed E-state index contributed by atoms with van der Waals surface area (Å²) in [6, 6.07) is 13.6. The molecule has 23 heavy (non-hydrogen) atoms. The molecular formula is C19H21Cl2NO. The number of aryl methyl sites for hydroxylation is 1. The summed E-state index contributed by atoms with van der Waals surface area (Å²) in [6.07, 6.45) is 1.06. The molecule has 2 nitrogen and oxygen atoms in total. The first kappa shape index (κ1) is 17.8. The number of para-hydroxylation sites is 1. The summed E-state index contributed by atoms with van der Waals surface area (Å²) in [5.41, 5.74) is 3.03. The molecule has 0 aliphatic rings. The molecule has 0 atom stereocenters. The molecule has 0 radical (unpaired) electrons. The molecule has 0 fully saturated rings. The lowest BCUT2D eigenvalue weighted by Crippen LogP contribution is -2.13. The number of amides is 1. The monoisotopic (exact) mass is 349 g/mol. The Balaban J connectivity index is 1.94. The van der Waals surface area contributed by atoms with Gasteiger partial charge < -0.3 is 5.32 Å². The SMILES string of the molecule is CC(C)(C)c1ccc(CCC(=O)Nc2c(Cl)cccc2Cl)cc1. The fraction of sp³-hybridized carbons (Fsp3) is 0.316. The first-order chi connectivity index (χ1) is 10.8. The highest BCUT2D eigenvalue weighted by atomic mass is 35.5. The van der Waals surface area contributed by atoms with Crippen LogP contribution in [0.25, 0.3) is 0 Å². The number of carbonyl (C=O) groups is 1. The highest BCUT2D eigenvalue weighted by molar-refractivity contribution is 6.39. The van der Waals surface area contributed by atoms with E-state index in [1.165, 1.54) is 5.56 Å². The van der Waals surface area contributed by atoms with E-state index in [2.05, 4.69) is 50.4 Å². The van der Waals surface area contributed by atoms with Crippen LogP contribution in [0.15, 0.2) is 42.5 Å². The zero-order valence-corrected chi connectivity index (χ0v) is 15.1. The predicted molar refractivity (Wildman–Crippen MR) is 98.6 cm³/mol. The van der Waals surface area contributed by atoms with Crippen molar-refractivity contribution in [1.29, 1.82) is 0 Å². The van der Waals surface area contributed by atoms with Crippen LogP contribution in [0, 0.1) is 0 Å². The van der Waals surface area contributed by atoms with Gasteiger partial charge in [0.05, 0.1) is 15.7 Å². The van der Waals surface area contributed by atoms with Crippen LogP contribution < -0.4 is 5.32 Å². The maximum Gasteiger partial charge on any atom is 0.224 e. The molecule has 1 amide bonds. The summed E-state index contributed by atoms with van der Waals surface area (Å²) in [6.45, 7) is 6.55. The Bertz CT molecular complexity index is 667. The van der Waals surface area contributed by atoms with Crippen LogP contribution in [0.4, 0.5) is 5.69 Å². The lowest BCUT2D eigenvalue weighted by atomic mass is 9.86. The third-order valence-electron chi connectivity index (χ3n) is 3.69. The van der Waals surface area contributed by atoms with Crippen molar-refractivity contribution in [3.8, 4) is 0 Å². The fourth-order valence-electron chi connectivity index (χ4n) is 2.25. The molecule has 2 aromatic rings. The van der Waals surface area contributed by atoms with Gasteiger partial charge in [0.2, 0.25) is 5.91 Å². The van der Waals surface area contributed by atoms with Crippen LogP contribution >= 0.6 is 23.2 Å². The number of anilines is 1. The lowest BCUT2D eigenvalue weighted by molar-refractivity contribution is -0.116. The molecule has 2 aromatic carbocycles. The van der Waals surface area contributed by atoms with Crippen LogP contribution in [0.1, 0.15) is 38.3 Å². The topological polar surface area (TPSA) is 29.1 Å². The van der Waals surface area contributed by atoms with E-state index in [1.807, 2.05) is 0 Å². The Kier molecular flexibility index (Phi) is 5.72. The molecule has 2 rings (SSSR count). The third kappa shape index (κ3) is 4.98. The summed E-state index contributed by atoms with van der Waals surface area (Å²) in [7, 11) is 0. The average Bonchev–Trinajstić information content (AvgIpc) is 2.48. The highest BCUT2D eigenvalue weighted by Crippen LogP contribution is 2.30. The molecule has 0 aliphatic heterocycles. The van der Waals surface area contributed by atoms with Crippen LogP contribution in [0.2, 0.25) is 10.0 Å². The van der Waals surface area contributed by atoms with Gasteiger partial charge in [-0.1, -0.05) is 74.3 Å². The van der Waals surface area contributed by atoms with Gasteiger partial charge in [0.25, 0.3) is 0 Å². The Labute approximate surface area is 147 Å². The number of carbonyl (C=O) groups excluding carboxylic acids is 1. The van der Waals surface area contributed by atoms with Crippen molar-refractivity contribution in [3.63, 3.8) is 0 Å². The number of hydrogen-bond donors (Lipinski definition) is 1. The summed E-state index contributed by atoms with van der Waals surface area (Å²) in [5, 5.41) is 3.67. The molecule has 0 spiro atoms. The molecule has 0 aliphatic carbocycles. The van der Waals surface area contributed by atoms with Crippen molar-refractivity contribution in [2.24, 2.45) is 0 Å². The van der Waals surface area contributed by atoms with E-state index in [4.69, 9.17) is 23.2 Å². The first-order valence-electron chi connectivity index (χ1n) is 7.60. The molecule has 4 heteroatoms.